The van der Waals surface area contributed by atoms with Gasteiger partial charge in [-0.2, -0.15) is 4.31 Å². The Kier molecular flexibility index (Phi) is 9.60. The van der Waals surface area contributed by atoms with Crippen LogP contribution in [0.3, 0.4) is 0 Å². The Bertz CT molecular complexity index is 912. The number of ether oxygens (including phenoxy) is 2. The summed E-state index contributed by atoms with van der Waals surface area (Å²) in [7, 11) is -3.77. The lowest BCUT2D eigenvalue weighted by atomic mass is 10.0. The molecule has 1 aromatic carbocycles. The molecule has 1 saturated heterocycles. The largest absolute Gasteiger partial charge is 0.454 e. The Morgan fingerprint density at radius 3 is 2.50 bits per heavy atom. The first-order valence-electron chi connectivity index (χ1n) is 10.6. The number of esters is 1. The monoisotopic (exact) mass is 469 g/mol. The molecule has 1 atom stereocenters. The van der Waals surface area contributed by atoms with Crippen molar-refractivity contribution in [1.29, 1.82) is 0 Å². The lowest BCUT2D eigenvalue weighted by Gasteiger charge is -2.26. The third-order valence-electron chi connectivity index (χ3n) is 4.83. The van der Waals surface area contributed by atoms with E-state index >= 15 is 0 Å². The van der Waals surface area contributed by atoms with E-state index < -0.39 is 40.5 Å². The molecule has 1 fully saturated rings. The number of morpholine rings is 1. The molecule has 0 radical (unpaired) electrons. The van der Waals surface area contributed by atoms with Gasteiger partial charge in [0.25, 0.3) is 11.8 Å². The van der Waals surface area contributed by atoms with E-state index in [-0.39, 0.29) is 29.5 Å². The molecule has 0 unspecified atom stereocenters. The van der Waals surface area contributed by atoms with Gasteiger partial charge < -0.3 is 20.1 Å². The van der Waals surface area contributed by atoms with Crippen LogP contribution < -0.4 is 10.6 Å². The van der Waals surface area contributed by atoms with Gasteiger partial charge in [-0.05, 0) is 30.5 Å². The molecule has 0 saturated carbocycles. The highest BCUT2D eigenvalue weighted by Gasteiger charge is 2.29. The van der Waals surface area contributed by atoms with Gasteiger partial charge in [-0.15, -0.1) is 0 Å². The quantitative estimate of drug-likeness (QED) is 0.478. The van der Waals surface area contributed by atoms with E-state index in [1.807, 2.05) is 6.92 Å². The SMILES string of the molecule is CCCNC(=O)COC(=O)[C@@H](NC(=O)c1cccc(S(=O)(=O)N2CCOCC2)c1)C(C)C. The second-order valence-corrected chi connectivity index (χ2v) is 9.64. The second kappa shape index (κ2) is 11.9. The number of carbonyl (C=O) groups excluding carboxylic acids is 3. The summed E-state index contributed by atoms with van der Waals surface area (Å²) < 4.78 is 37.2. The van der Waals surface area contributed by atoms with Gasteiger partial charge in [0, 0.05) is 25.2 Å². The molecule has 2 amide bonds. The highest BCUT2D eigenvalue weighted by molar-refractivity contribution is 7.89. The molecule has 1 aliphatic heterocycles. The summed E-state index contributed by atoms with van der Waals surface area (Å²) in [6.07, 6.45) is 0.755. The number of carbonyl (C=O) groups is 3. The van der Waals surface area contributed by atoms with E-state index in [1.165, 1.54) is 28.6 Å². The first-order valence-corrected chi connectivity index (χ1v) is 12.0. The molecule has 1 aromatic rings. The summed E-state index contributed by atoms with van der Waals surface area (Å²) in [5.41, 5.74) is 0.0958. The molecule has 0 aliphatic carbocycles. The molecular weight excluding hydrogens is 438 g/mol. The maximum absolute atomic E-state index is 12.9. The van der Waals surface area contributed by atoms with Crippen molar-refractivity contribution in [2.24, 2.45) is 5.92 Å². The second-order valence-electron chi connectivity index (χ2n) is 7.70. The smallest absolute Gasteiger partial charge is 0.329 e. The molecular formula is C21H31N3O7S. The van der Waals surface area contributed by atoms with Crippen molar-refractivity contribution in [3.05, 3.63) is 29.8 Å². The van der Waals surface area contributed by atoms with Crippen LogP contribution in [0.1, 0.15) is 37.6 Å². The van der Waals surface area contributed by atoms with Crippen LogP contribution in [0.4, 0.5) is 0 Å². The van der Waals surface area contributed by atoms with Gasteiger partial charge in [-0.3, -0.25) is 9.59 Å². The Balaban J connectivity index is 2.08. The third-order valence-corrected chi connectivity index (χ3v) is 6.72. The van der Waals surface area contributed by atoms with Crippen LogP contribution in [0, 0.1) is 5.92 Å². The summed E-state index contributed by atoms with van der Waals surface area (Å²) in [4.78, 5) is 36.9. The van der Waals surface area contributed by atoms with Crippen molar-refractivity contribution in [1.82, 2.24) is 14.9 Å². The molecule has 32 heavy (non-hydrogen) atoms. The van der Waals surface area contributed by atoms with Crippen molar-refractivity contribution >= 4 is 27.8 Å². The van der Waals surface area contributed by atoms with Crippen LogP contribution in [0.15, 0.2) is 29.2 Å². The highest BCUT2D eigenvalue weighted by Crippen LogP contribution is 2.19. The number of rotatable bonds is 10. The van der Waals surface area contributed by atoms with Crippen molar-refractivity contribution < 1.29 is 32.3 Å². The zero-order valence-corrected chi connectivity index (χ0v) is 19.4. The van der Waals surface area contributed by atoms with Gasteiger partial charge in [0.2, 0.25) is 10.0 Å². The Hall–Kier alpha value is -2.50. The maximum Gasteiger partial charge on any atom is 0.329 e. The lowest BCUT2D eigenvalue weighted by Crippen LogP contribution is -2.46. The minimum absolute atomic E-state index is 0.0108. The summed E-state index contributed by atoms with van der Waals surface area (Å²) in [6.45, 7) is 6.50. The molecule has 1 aliphatic rings. The van der Waals surface area contributed by atoms with Crippen LogP contribution in [0.2, 0.25) is 0 Å². The summed E-state index contributed by atoms with van der Waals surface area (Å²) in [5, 5.41) is 5.18. The zero-order valence-electron chi connectivity index (χ0n) is 18.6. The number of sulfonamides is 1. The molecule has 0 aromatic heterocycles. The predicted molar refractivity (Wildman–Crippen MR) is 116 cm³/mol. The fourth-order valence-electron chi connectivity index (χ4n) is 3.00. The normalized spacial score (nSPS) is 15.8. The third kappa shape index (κ3) is 7.01. The molecule has 11 heteroatoms. The van der Waals surface area contributed by atoms with Gasteiger partial charge in [0.1, 0.15) is 6.04 Å². The fourth-order valence-corrected chi connectivity index (χ4v) is 4.45. The molecule has 0 spiro atoms. The van der Waals surface area contributed by atoms with Gasteiger partial charge in [-0.25, -0.2) is 13.2 Å². The van der Waals surface area contributed by atoms with Crippen LogP contribution in [-0.2, 0) is 29.1 Å². The molecule has 0 bridgehead atoms. The standard InChI is InChI=1S/C21H31N3O7S/c1-4-8-22-18(25)14-31-21(27)19(15(2)3)23-20(26)16-6-5-7-17(13-16)32(28,29)24-9-11-30-12-10-24/h5-7,13,15,19H,4,8-12,14H2,1-3H3,(H,22,25)(H,23,26)/t19-/m0/s1. The van der Waals surface area contributed by atoms with E-state index in [2.05, 4.69) is 10.6 Å². The van der Waals surface area contributed by atoms with Crippen LogP contribution in [0.5, 0.6) is 0 Å². The first-order chi connectivity index (χ1) is 15.2. The van der Waals surface area contributed by atoms with E-state index in [4.69, 9.17) is 9.47 Å². The number of hydrogen-bond acceptors (Lipinski definition) is 7. The average Bonchev–Trinajstić information content (AvgIpc) is 2.79. The molecule has 2 N–H and O–H groups in total. The van der Waals surface area contributed by atoms with Crippen molar-refractivity contribution in [3.63, 3.8) is 0 Å². The average molecular weight is 470 g/mol. The van der Waals surface area contributed by atoms with Crippen LogP contribution in [-0.4, -0.2) is 76.0 Å². The Labute approximate surface area is 188 Å². The molecule has 2 rings (SSSR count). The van der Waals surface area contributed by atoms with Gasteiger partial charge >= 0.3 is 5.97 Å². The van der Waals surface area contributed by atoms with Crippen LogP contribution >= 0.6 is 0 Å². The number of nitrogens with zero attached hydrogens (tertiary/aromatic N) is 1. The topological polar surface area (TPSA) is 131 Å². The maximum atomic E-state index is 12.9. The van der Waals surface area contributed by atoms with E-state index in [1.54, 1.807) is 13.8 Å². The Morgan fingerprint density at radius 1 is 1.19 bits per heavy atom. The zero-order chi connectivity index (χ0) is 23.7. The highest BCUT2D eigenvalue weighted by atomic mass is 32.2. The van der Waals surface area contributed by atoms with E-state index in [0.717, 1.165) is 6.42 Å². The summed E-state index contributed by atoms with van der Waals surface area (Å²) in [5.74, 6) is -2.09. The summed E-state index contributed by atoms with van der Waals surface area (Å²) in [6, 6.07) is 4.64. The molecule has 1 heterocycles. The van der Waals surface area contributed by atoms with Crippen LogP contribution in [0.25, 0.3) is 0 Å². The predicted octanol–water partition coefficient (Wildman–Crippen LogP) is 0.531. The minimum Gasteiger partial charge on any atom is -0.454 e. The number of amides is 2. The van der Waals surface area contributed by atoms with Crippen molar-refractivity contribution in [2.45, 2.75) is 38.1 Å². The first kappa shape index (κ1) is 25.8. The number of hydrogen-bond donors (Lipinski definition) is 2. The Morgan fingerprint density at radius 2 is 1.88 bits per heavy atom. The number of nitrogens with one attached hydrogen (secondary N) is 2. The van der Waals surface area contributed by atoms with E-state index in [0.29, 0.717) is 19.8 Å². The van der Waals surface area contributed by atoms with Crippen molar-refractivity contribution in [3.8, 4) is 0 Å². The van der Waals surface area contributed by atoms with Gasteiger partial charge in [-0.1, -0.05) is 26.8 Å². The molecule has 178 valence electrons. The number of benzene rings is 1. The van der Waals surface area contributed by atoms with Crippen molar-refractivity contribution in [2.75, 3.05) is 39.5 Å². The minimum atomic E-state index is -3.77. The fraction of sp³-hybridized carbons (Fsp3) is 0.571. The summed E-state index contributed by atoms with van der Waals surface area (Å²) >= 11 is 0. The molecule has 10 nitrogen and oxygen atoms in total. The van der Waals surface area contributed by atoms with Gasteiger partial charge in [0.05, 0.1) is 18.1 Å². The van der Waals surface area contributed by atoms with E-state index in [9.17, 15) is 22.8 Å². The van der Waals surface area contributed by atoms with Gasteiger partial charge in [0.15, 0.2) is 6.61 Å². The lowest BCUT2D eigenvalue weighted by molar-refractivity contribution is -0.151.